The van der Waals surface area contributed by atoms with Gasteiger partial charge in [-0.05, 0) is 37.1 Å². The van der Waals surface area contributed by atoms with E-state index in [-0.39, 0.29) is 9.70 Å². The zero-order valence-corrected chi connectivity index (χ0v) is 11.5. The van der Waals surface area contributed by atoms with E-state index in [0.717, 1.165) is 22.3 Å². The van der Waals surface area contributed by atoms with E-state index in [0.29, 0.717) is 0 Å². The molecule has 0 heterocycles. The summed E-state index contributed by atoms with van der Waals surface area (Å²) in [5.41, 5.74) is 3.33. The fraction of sp³-hybridized carbons (Fsp3) is 0.125. The van der Waals surface area contributed by atoms with E-state index < -0.39 is 0 Å². The number of hydrogen-bond acceptors (Lipinski definition) is 2. The van der Waals surface area contributed by atoms with E-state index in [4.69, 9.17) is 0 Å². The van der Waals surface area contributed by atoms with E-state index in [2.05, 4.69) is 0 Å². The van der Waals surface area contributed by atoms with Crippen LogP contribution in [0.4, 0.5) is 0 Å². The molecule has 0 saturated carbocycles. The summed E-state index contributed by atoms with van der Waals surface area (Å²) in [5.74, 6) is 0. The molecular formula is C16H16N2O2. The molecule has 2 aromatic carbocycles. The van der Waals surface area contributed by atoms with E-state index >= 15 is 0 Å². The van der Waals surface area contributed by atoms with Crippen molar-refractivity contribution in [2.45, 2.75) is 13.8 Å². The van der Waals surface area contributed by atoms with Crippen molar-refractivity contribution in [2.24, 2.45) is 0 Å². The van der Waals surface area contributed by atoms with Gasteiger partial charge in [0.2, 0.25) is 0 Å². The normalized spacial score (nSPS) is 12.5. The molecule has 0 spiro atoms. The van der Waals surface area contributed by atoms with Crippen LogP contribution in [0.2, 0.25) is 0 Å². The summed E-state index contributed by atoms with van der Waals surface area (Å²) in [4.78, 5) is 0.573. The Bertz CT molecular complexity index is 616. The van der Waals surface area contributed by atoms with Gasteiger partial charge in [0.15, 0.2) is 0 Å². The second-order valence-electron chi connectivity index (χ2n) is 4.58. The molecule has 0 atom stereocenters. The minimum Gasteiger partial charge on any atom is -0.561 e. The first kappa shape index (κ1) is 13.8. The molecular weight excluding hydrogens is 252 g/mol. The van der Waals surface area contributed by atoms with Crippen LogP contribution in [0.3, 0.4) is 0 Å². The van der Waals surface area contributed by atoms with Crippen molar-refractivity contribution in [3.8, 4) is 0 Å². The maximum absolute atomic E-state index is 11.8. The van der Waals surface area contributed by atoms with Crippen LogP contribution < -0.4 is 0 Å². The lowest BCUT2D eigenvalue weighted by molar-refractivity contribution is -1.05. The van der Waals surface area contributed by atoms with Gasteiger partial charge >= 0.3 is 0 Å². The molecule has 0 amide bonds. The molecule has 0 N–H and O–H groups in total. The first-order chi connectivity index (χ1) is 9.58. The highest BCUT2D eigenvalue weighted by molar-refractivity contribution is 5.79. The number of nitrogens with zero attached hydrogens (tertiary/aromatic N) is 2. The second-order valence-corrected chi connectivity index (χ2v) is 4.58. The standard InChI is InChI=1S/C16H16N2O2/c1-13-7-3-5-9-15(13)11-17(19)18(20)12-16-10-6-4-8-14(16)2/h3-12H,1-2H3/b17-11-,18-12-. The third-order valence-corrected chi connectivity index (χ3v) is 3.07. The largest absolute Gasteiger partial charge is 0.561 e. The van der Waals surface area contributed by atoms with Gasteiger partial charge in [-0.2, -0.15) is 0 Å². The van der Waals surface area contributed by atoms with Crippen LogP contribution in [-0.4, -0.2) is 22.1 Å². The van der Waals surface area contributed by atoms with Crippen LogP contribution in [0.15, 0.2) is 48.5 Å². The highest BCUT2D eigenvalue weighted by Crippen LogP contribution is 2.05. The van der Waals surface area contributed by atoms with Crippen molar-refractivity contribution in [1.82, 2.24) is 0 Å². The average Bonchev–Trinajstić information content (AvgIpc) is 2.43. The molecule has 0 radical (unpaired) electrons. The number of hydrazone groups is 2. The van der Waals surface area contributed by atoms with Gasteiger partial charge in [-0.25, -0.2) is 0 Å². The summed E-state index contributed by atoms with van der Waals surface area (Å²) >= 11 is 0. The van der Waals surface area contributed by atoms with E-state index in [9.17, 15) is 10.4 Å². The first-order valence-electron chi connectivity index (χ1n) is 6.31. The lowest BCUT2D eigenvalue weighted by atomic mass is 10.1. The first-order valence-corrected chi connectivity index (χ1v) is 6.31. The molecule has 102 valence electrons. The predicted octanol–water partition coefficient (Wildman–Crippen LogP) is 2.78. The molecule has 0 aliphatic rings. The van der Waals surface area contributed by atoms with Gasteiger partial charge in [-0.15, -0.1) is 0 Å². The Morgan fingerprint density at radius 1 is 0.700 bits per heavy atom. The molecule has 2 rings (SSSR count). The SMILES string of the molecule is Cc1ccccc1/C=[N+]([O-])/[N+]([O-])=C/c1ccccc1C. The maximum atomic E-state index is 11.8. The molecule has 4 heteroatoms. The Balaban J connectivity index is 2.32. The van der Waals surface area contributed by atoms with Gasteiger partial charge in [0.1, 0.15) is 0 Å². The molecule has 4 nitrogen and oxygen atoms in total. The van der Waals surface area contributed by atoms with Gasteiger partial charge in [0, 0.05) is 11.1 Å². The molecule has 0 aliphatic carbocycles. The Hall–Kier alpha value is -2.62. The molecule has 0 unspecified atom stereocenters. The Morgan fingerprint density at radius 3 is 1.40 bits per heavy atom. The van der Waals surface area contributed by atoms with Gasteiger partial charge in [0.05, 0.1) is 9.70 Å². The summed E-state index contributed by atoms with van der Waals surface area (Å²) in [6.45, 7) is 3.78. The van der Waals surface area contributed by atoms with Crippen molar-refractivity contribution in [1.29, 1.82) is 0 Å². The minimum atomic E-state index is 0.286. The van der Waals surface area contributed by atoms with Crippen LogP contribution >= 0.6 is 0 Å². The molecule has 2 aromatic rings. The van der Waals surface area contributed by atoms with Crippen LogP contribution in [0, 0.1) is 24.3 Å². The van der Waals surface area contributed by atoms with Crippen molar-refractivity contribution >= 4 is 12.4 Å². The molecule has 0 bridgehead atoms. The third kappa shape index (κ3) is 3.23. The van der Waals surface area contributed by atoms with Crippen molar-refractivity contribution < 1.29 is 9.70 Å². The number of hydrogen-bond donors (Lipinski definition) is 0. The third-order valence-electron chi connectivity index (χ3n) is 3.07. The quantitative estimate of drug-likeness (QED) is 0.372. The summed E-state index contributed by atoms with van der Waals surface area (Å²) in [6, 6.07) is 14.8. The predicted molar refractivity (Wildman–Crippen MR) is 79.9 cm³/mol. The molecule has 0 aromatic heterocycles. The van der Waals surface area contributed by atoms with Gasteiger partial charge in [-0.3, -0.25) is 0 Å². The van der Waals surface area contributed by atoms with Crippen LogP contribution in [0.5, 0.6) is 0 Å². The number of aryl methyl sites for hydroxylation is 2. The molecule has 0 saturated heterocycles. The number of benzene rings is 2. The lowest BCUT2D eigenvalue weighted by Gasteiger charge is -2.02. The highest BCUT2D eigenvalue weighted by Gasteiger charge is 2.07. The molecule has 0 fully saturated rings. The fourth-order valence-corrected chi connectivity index (χ4v) is 1.82. The van der Waals surface area contributed by atoms with Crippen molar-refractivity contribution in [3.05, 3.63) is 81.2 Å². The highest BCUT2D eigenvalue weighted by atomic mass is 16.7. The second kappa shape index (κ2) is 6.02. The van der Waals surface area contributed by atoms with Crippen LogP contribution in [-0.2, 0) is 0 Å². The molecule has 20 heavy (non-hydrogen) atoms. The van der Waals surface area contributed by atoms with Gasteiger partial charge in [0.25, 0.3) is 12.4 Å². The van der Waals surface area contributed by atoms with E-state index in [1.165, 1.54) is 12.4 Å². The van der Waals surface area contributed by atoms with E-state index in [1.807, 2.05) is 50.2 Å². The molecule has 0 aliphatic heterocycles. The number of rotatable bonds is 3. The zero-order valence-electron chi connectivity index (χ0n) is 11.5. The van der Waals surface area contributed by atoms with Crippen LogP contribution in [0.1, 0.15) is 22.3 Å². The monoisotopic (exact) mass is 268 g/mol. The Kier molecular flexibility index (Phi) is 4.15. The zero-order chi connectivity index (χ0) is 14.5. The van der Waals surface area contributed by atoms with Crippen molar-refractivity contribution in [2.75, 3.05) is 0 Å². The smallest absolute Gasteiger partial charge is 0.260 e. The average molecular weight is 268 g/mol. The van der Waals surface area contributed by atoms with Gasteiger partial charge < -0.3 is 10.4 Å². The van der Waals surface area contributed by atoms with Crippen LogP contribution in [0.25, 0.3) is 0 Å². The summed E-state index contributed by atoms with van der Waals surface area (Å²) in [7, 11) is 0. The van der Waals surface area contributed by atoms with E-state index in [1.54, 1.807) is 12.1 Å². The summed E-state index contributed by atoms with van der Waals surface area (Å²) < 4.78 is 0. The summed E-state index contributed by atoms with van der Waals surface area (Å²) in [6.07, 6.45) is 2.55. The van der Waals surface area contributed by atoms with Gasteiger partial charge in [-0.1, -0.05) is 36.4 Å². The minimum absolute atomic E-state index is 0.286. The fourth-order valence-electron chi connectivity index (χ4n) is 1.82. The lowest BCUT2D eigenvalue weighted by Crippen LogP contribution is -2.19. The topological polar surface area (TPSA) is 52.1 Å². The number of hydrazine groups is 1. The maximum Gasteiger partial charge on any atom is 0.260 e. The summed E-state index contributed by atoms with van der Waals surface area (Å²) in [5, 5.41) is 23.6. The Labute approximate surface area is 118 Å². The van der Waals surface area contributed by atoms with Crippen molar-refractivity contribution in [3.63, 3.8) is 0 Å². The Morgan fingerprint density at radius 2 is 1.05 bits per heavy atom.